The summed E-state index contributed by atoms with van der Waals surface area (Å²) in [5.74, 6) is 0.582. The first-order chi connectivity index (χ1) is 13.2. The van der Waals surface area contributed by atoms with Crippen LogP contribution in [-0.2, 0) is 16.7 Å². The van der Waals surface area contributed by atoms with Gasteiger partial charge in [-0.1, -0.05) is 28.9 Å². The maximum absolute atomic E-state index is 13.3. The van der Waals surface area contributed by atoms with E-state index in [1.807, 2.05) is 13.0 Å². The second kappa shape index (κ2) is 7.01. The second-order valence-electron chi connectivity index (χ2n) is 8.41. The van der Waals surface area contributed by atoms with E-state index in [0.717, 1.165) is 42.1 Å². The van der Waals surface area contributed by atoms with Gasteiger partial charge in [-0.2, -0.15) is 13.2 Å². The van der Waals surface area contributed by atoms with Crippen LogP contribution in [-0.4, -0.2) is 43.2 Å². The molecule has 0 saturated heterocycles. The van der Waals surface area contributed by atoms with Crippen LogP contribution in [0.1, 0.15) is 50.2 Å². The third-order valence-electron chi connectivity index (χ3n) is 6.94. The number of benzene rings is 1. The number of fused-ring (bicyclic) bond motifs is 3. The summed E-state index contributed by atoms with van der Waals surface area (Å²) < 4.78 is 46.3. The van der Waals surface area contributed by atoms with E-state index in [0.29, 0.717) is 18.8 Å². The molecule has 1 aliphatic heterocycles. The van der Waals surface area contributed by atoms with Gasteiger partial charge < -0.3 is 9.64 Å². The van der Waals surface area contributed by atoms with Gasteiger partial charge >= 0.3 is 6.18 Å². The Morgan fingerprint density at radius 1 is 1.29 bits per heavy atom. The molecule has 4 rings (SSSR count). The Morgan fingerprint density at radius 2 is 2.00 bits per heavy atom. The predicted molar refractivity (Wildman–Crippen MR) is 107 cm³/mol. The monoisotopic (exact) mass is 458 g/mol. The number of rotatable bonds is 3. The Kier molecular flexibility index (Phi) is 5.06. The highest BCUT2D eigenvalue weighted by molar-refractivity contribution is 9.10. The van der Waals surface area contributed by atoms with Crippen molar-refractivity contribution >= 4 is 21.8 Å². The molecule has 28 heavy (non-hydrogen) atoms. The lowest BCUT2D eigenvalue weighted by atomic mass is 9.61. The normalized spacial score (nSPS) is 32.3. The molecule has 1 unspecified atom stereocenters. The second-order valence-corrected chi connectivity index (χ2v) is 9.32. The molecular weight excluding hydrogens is 433 g/mol. The molecule has 3 nitrogen and oxygen atoms in total. The van der Waals surface area contributed by atoms with Gasteiger partial charge in [0, 0.05) is 30.0 Å². The summed E-state index contributed by atoms with van der Waals surface area (Å²) in [6, 6.07) is 6.23. The van der Waals surface area contributed by atoms with Crippen LogP contribution in [0.5, 0.6) is 0 Å². The van der Waals surface area contributed by atoms with Crippen LogP contribution in [0.25, 0.3) is 0 Å². The van der Waals surface area contributed by atoms with E-state index in [2.05, 4.69) is 28.1 Å². The fraction of sp³-hybridized carbons (Fsp3) is 0.667. The third kappa shape index (κ3) is 3.18. The largest absolute Gasteiger partial charge is 0.405 e. The number of hydrogen-bond donors (Lipinski definition) is 0. The minimum Gasteiger partial charge on any atom is -0.381 e. The first-order valence-corrected chi connectivity index (χ1v) is 10.7. The zero-order valence-corrected chi connectivity index (χ0v) is 17.9. The smallest absolute Gasteiger partial charge is 0.381 e. The molecule has 2 aliphatic carbocycles. The average molecular weight is 459 g/mol. The molecule has 3 aliphatic rings. The van der Waals surface area contributed by atoms with Crippen molar-refractivity contribution in [2.75, 3.05) is 20.2 Å². The molecule has 1 saturated carbocycles. The summed E-state index contributed by atoms with van der Waals surface area (Å²) in [5, 5.41) is 0. The van der Waals surface area contributed by atoms with Crippen molar-refractivity contribution in [3.05, 3.63) is 33.8 Å². The van der Waals surface area contributed by atoms with Crippen LogP contribution in [0.4, 0.5) is 13.2 Å². The van der Waals surface area contributed by atoms with Crippen LogP contribution < -0.4 is 0 Å². The number of nitrogens with zero attached hydrogens (tertiary/aromatic N) is 2. The molecule has 1 atom stereocenters. The zero-order chi connectivity index (χ0) is 20.2. The number of methoxy groups -OCH3 is 1. The van der Waals surface area contributed by atoms with Crippen LogP contribution in [0.15, 0.2) is 27.7 Å². The van der Waals surface area contributed by atoms with Gasteiger partial charge in [0.1, 0.15) is 17.9 Å². The number of halogens is 4. The van der Waals surface area contributed by atoms with E-state index >= 15 is 0 Å². The van der Waals surface area contributed by atoms with E-state index in [1.54, 1.807) is 7.11 Å². The van der Waals surface area contributed by atoms with Crippen molar-refractivity contribution in [1.82, 2.24) is 4.90 Å². The van der Waals surface area contributed by atoms with Crippen LogP contribution in [0.2, 0.25) is 0 Å². The summed E-state index contributed by atoms with van der Waals surface area (Å²) in [7, 11) is 1.74. The maximum atomic E-state index is 13.3. The van der Waals surface area contributed by atoms with Gasteiger partial charge in [0.25, 0.3) is 0 Å². The van der Waals surface area contributed by atoms with E-state index in [1.165, 1.54) is 10.5 Å². The number of hydrogen-bond acceptors (Lipinski definition) is 3. The molecule has 2 spiro atoms. The fourth-order valence-corrected chi connectivity index (χ4v) is 6.01. The van der Waals surface area contributed by atoms with Gasteiger partial charge in [-0.25, -0.2) is 0 Å². The molecule has 0 radical (unpaired) electrons. The van der Waals surface area contributed by atoms with Crippen molar-refractivity contribution in [2.45, 2.75) is 63.3 Å². The highest BCUT2D eigenvalue weighted by atomic mass is 79.9. The van der Waals surface area contributed by atoms with Gasteiger partial charge in [-0.15, -0.1) is 0 Å². The molecule has 154 valence electrons. The lowest BCUT2D eigenvalue weighted by Gasteiger charge is -2.46. The highest BCUT2D eigenvalue weighted by Gasteiger charge is 2.61. The van der Waals surface area contributed by atoms with Crippen molar-refractivity contribution < 1.29 is 17.9 Å². The molecule has 7 heteroatoms. The number of aliphatic imine (C=N–C) groups is 1. The van der Waals surface area contributed by atoms with Crippen LogP contribution >= 0.6 is 15.9 Å². The van der Waals surface area contributed by atoms with Crippen LogP contribution in [0, 0.1) is 5.41 Å². The number of amidine groups is 1. The Bertz CT molecular complexity index is 786. The van der Waals surface area contributed by atoms with Gasteiger partial charge in [-0.05, 0) is 55.4 Å². The number of ether oxygens (including phenoxy) is 1. The molecule has 0 N–H and O–H groups in total. The molecule has 0 aromatic heterocycles. The first kappa shape index (κ1) is 20.2. The number of alkyl halides is 3. The van der Waals surface area contributed by atoms with E-state index < -0.39 is 18.3 Å². The van der Waals surface area contributed by atoms with Crippen molar-refractivity contribution in [3.8, 4) is 0 Å². The summed E-state index contributed by atoms with van der Waals surface area (Å²) in [6.07, 6.45) is 1.12. The van der Waals surface area contributed by atoms with Gasteiger partial charge in [0.05, 0.1) is 6.10 Å². The summed E-state index contributed by atoms with van der Waals surface area (Å²) in [6.45, 7) is 1.28. The summed E-state index contributed by atoms with van der Waals surface area (Å²) >= 11 is 3.56. The standard InChI is InChI=1S/C21H26BrF3N2O/c1-3-18-26-20(12-27(18)13-21(23,24)25)17-10-15(22)5-4-14(17)11-19(20)8-6-16(28-2)7-9-19/h4-5,10,16H,3,6-9,11-13H2,1-2H3. The minimum atomic E-state index is -4.24. The molecule has 1 aromatic rings. The third-order valence-corrected chi connectivity index (χ3v) is 7.43. The molecule has 1 aromatic carbocycles. The maximum Gasteiger partial charge on any atom is 0.405 e. The predicted octanol–water partition coefficient (Wildman–Crippen LogP) is 5.46. The first-order valence-electron chi connectivity index (χ1n) is 9.94. The molecule has 1 heterocycles. The fourth-order valence-electron chi connectivity index (χ4n) is 5.65. The highest BCUT2D eigenvalue weighted by Crippen LogP contribution is 2.62. The summed E-state index contributed by atoms with van der Waals surface area (Å²) in [4.78, 5) is 6.57. The van der Waals surface area contributed by atoms with E-state index in [9.17, 15) is 13.2 Å². The molecular formula is C21H26BrF3N2O. The van der Waals surface area contributed by atoms with Gasteiger partial charge in [0.2, 0.25) is 0 Å². The zero-order valence-electron chi connectivity index (χ0n) is 16.3. The Hall–Kier alpha value is -1.08. The topological polar surface area (TPSA) is 24.8 Å². The lowest BCUT2D eigenvalue weighted by molar-refractivity contribution is -0.139. The van der Waals surface area contributed by atoms with E-state index in [4.69, 9.17) is 9.73 Å². The molecule has 1 fully saturated rings. The Balaban J connectivity index is 1.79. The quantitative estimate of drug-likeness (QED) is 0.600. The molecule has 0 bridgehead atoms. The molecule has 0 amide bonds. The summed E-state index contributed by atoms with van der Waals surface area (Å²) in [5.41, 5.74) is 1.60. The van der Waals surface area contributed by atoms with Crippen molar-refractivity contribution in [1.29, 1.82) is 0 Å². The van der Waals surface area contributed by atoms with E-state index in [-0.39, 0.29) is 11.5 Å². The average Bonchev–Trinajstić information content (AvgIpc) is 3.12. The minimum absolute atomic E-state index is 0.133. The Morgan fingerprint density at radius 3 is 2.61 bits per heavy atom. The van der Waals surface area contributed by atoms with Gasteiger partial charge in [0.15, 0.2) is 0 Å². The van der Waals surface area contributed by atoms with Crippen molar-refractivity contribution in [3.63, 3.8) is 0 Å². The lowest BCUT2D eigenvalue weighted by Crippen LogP contribution is -2.49. The van der Waals surface area contributed by atoms with Crippen LogP contribution in [0.3, 0.4) is 0 Å². The van der Waals surface area contributed by atoms with Crippen molar-refractivity contribution in [2.24, 2.45) is 10.4 Å². The SMILES string of the molecule is CCC1=NC2(CN1CC(F)(F)F)c1cc(Br)ccc1CC21CCC(OC)CC1. The van der Waals surface area contributed by atoms with Gasteiger partial charge in [-0.3, -0.25) is 4.99 Å². The Labute approximate surface area is 172 Å².